The smallest absolute Gasteiger partial charge is 0.151 e. The Hall–Kier alpha value is -5.52. The Bertz CT molecular complexity index is 2350. The van der Waals surface area contributed by atoms with Crippen LogP contribution in [0.25, 0.3) is 38.6 Å². The Morgan fingerprint density at radius 3 is 2.24 bits per heavy atom. The lowest BCUT2D eigenvalue weighted by molar-refractivity contribution is 0.341. The van der Waals surface area contributed by atoms with E-state index < -0.39 is 0 Å². The average Bonchev–Trinajstić information content (AvgIpc) is 3.47. The lowest BCUT2D eigenvalue weighted by Gasteiger charge is -2.21. The molecule has 5 aromatic carbocycles. The van der Waals surface area contributed by atoms with Crippen LogP contribution in [-0.4, -0.2) is 25.4 Å². The maximum atomic E-state index is 5.22. The minimum Gasteiger partial charge on any atom is -0.309 e. The van der Waals surface area contributed by atoms with Gasteiger partial charge in [-0.1, -0.05) is 98.8 Å². The molecule has 7 aromatic rings. The number of aromatic nitrogens is 2. The second-order valence-electron chi connectivity index (χ2n) is 13.1. The lowest BCUT2D eigenvalue weighted by Crippen LogP contribution is -2.14. The molecule has 1 saturated heterocycles. The second kappa shape index (κ2) is 9.25. The predicted octanol–water partition coefficient (Wildman–Crippen LogP) is 9.18. The number of aliphatic imine (C=N–C) groups is 1. The molecule has 0 amide bonds. The zero-order valence-electron chi connectivity index (χ0n) is 25.7. The Morgan fingerprint density at radius 1 is 0.630 bits per heavy atom. The molecule has 2 aromatic heterocycles. The Morgan fingerprint density at radius 2 is 1.41 bits per heavy atom. The van der Waals surface area contributed by atoms with Gasteiger partial charge in [0.1, 0.15) is 12.3 Å². The largest absolute Gasteiger partial charge is 0.309 e. The van der Waals surface area contributed by atoms with Gasteiger partial charge in [0.15, 0.2) is 5.84 Å². The summed E-state index contributed by atoms with van der Waals surface area (Å²) in [5.74, 6) is 0.968. The van der Waals surface area contributed by atoms with E-state index >= 15 is 0 Å². The van der Waals surface area contributed by atoms with Crippen molar-refractivity contribution < 1.29 is 0 Å². The first-order valence-electron chi connectivity index (χ1n) is 16.0. The molecule has 3 aliphatic rings. The van der Waals surface area contributed by atoms with Gasteiger partial charge in [-0.15, -0.1) is 0 Å². The molecular weight excluding hydrogens is 562 g/mol. The van der Waals surface area contributed by atoms with E-state index in [9.17, 15) is 0 Å². The number of amidine groups is 1. The molecule has 5 heteroatoms. The van der Waals surface area contributed by atoms with Crippen LogP contribution in [0.3, 0.4) is 0 Å². The van der Waals surface area contributed by atoms with E-state index in [0.717, 1.165) is 17.1 Å². The molecule has 0 spiro atoms. The maximum Gasteiger partial charge on any atom is 0.151 e. The van der Waals surface area contributed by atoms with Gasteiger partial charge in [-0.2, -0.15) is 5.01 Å². The number of hydrogen-bond acceptors (Lipinski definition) is 4. The van der Waals surface area contributed by atoms with E-state index in [4.69, 9.17) is 4.99 Å². The van der Waals surface area contributed by atoms with Gasteiger partial charge in [0.25, 0.3) is 0 Å². The average molecular weight is 594 g/mol. The van der Waals surface area contributed by atoms with E-state index in [-0.39, 0.29) is 17.7 Å². The summed E-state index contributed by atoms with van der Waals surface area (Å²) < 4.78 is 2.43. The third kappa shape index (κ3) is 3.49. The number of para-hydroxylation sites is 1. The highest BCUT2D eigenvalue weighted by Crippen LogP contribution is 2.54. The summed E-state index contributed by atoms with van der Waals surface area (Å²) in [4.78, 5) is 9.60. The first kappa shape index (κ1) is 25.8. The normalized spacial score (nSPS) is 20.4. The van der Waals surface area contributed by atoms with Gasteiger partial charge in [0.05, 0.1) is 11.0 Å². The number of hydrogen-bond donors (Lipinski definition) is 0. The van der Waals surface area contributed by atoms with E-state index in [1.54, 1.807) is 0 Å². The summed E-state index contributed by atoms with van der Waals surface area (Å²) in [5, 5.41) is 7.25. The number of hydrazine groups is 1. The first-order chi connectivity index (χ1) is 22.6. The highest BCUT2D eigenvalue weighted by molar-refractivity contribution is 6.11. The third-order valence-electron chi connectivity index (χ3n) is 10.2. The van der Waals surface area contributed by atoms with Gasteiger partial charge in [0, 0.05) is 39.8 Å². The molecule has 220 valence electrons. The summed E-state index contributed by atoms with van der Waals surface area (Å²) >= 11 is 0. The van der Waals surface area contributed by atoms with Gasteiger partial charge in [0.2, 0.25) is 0 Å². The summed E-state index contributed by atoms with van der Waals surface area (Å²) in [7, 11) is 0. The zero-order chi connectivity index (χ0) is 30.6. The minimum absolute atomic E-state index is 0.0366. The second-order valence-corrected chi connectivity index (χ2v) is 13.1. The SMILES string of the molecule is CC1(C)c2ccccc2-c2cc3c(cc21)c1ccccc1n3-c1ccc(C2N=C(c3cccnc3)N3C(c4ccccc4)N23)cc1. The van der Waals surface area contributed by atoms with Crippen molar-refractivity contribution in [3.05, 3.63) is 168 Å². The molecule has 1 fully saturated rings. The van der Waals surface area contributed by atoms with Crippen LogP contribution in [0.5, 0.6) is 0 Å². The Kier molecular flexibility index (Phi) is 5.18. The summed E-state index contributed by atoms with van der Waals surface area (Å²) in [5.41, 5.74) is 12.5. The van der Waals surface area contributed by atoms with Gasteiger partial charge in [-0.05, 0) is 75.8 Å². The fraction of sp³-hybridized carbons (Fsp3) is 0.122. The van der Waals surface area contributed by atoms with Crippen molar-refractivity contribution in [2.45, 2.75) is 31.6 Å². The van der Waals surface area contributed by atoms with Crippen molar-refractivity contribution in [1.29, 1.82) is 0 Å². The fourth-order valence-corrected chi connectivity index (χ4v) is 7.98. The van der Waals surface area contributed by atoms with Crippen LogP contribution < -0.4 is 0 Å². The van der Waals surface area contributed by atoms with Crippen LogP contribution >= 0.6 is 0 Å². The van der Waals surface area contributed by atoms with Gasteiger partial charge in [-0.3, -0.25) is 9.99 Å². The van der Waals surface area contributed by atoms with Crippen molar-refractivity contribution in [3.63, 3.8) is 0 Å². The Labute approximate surface area is 267 Å². The molecule has 3 atom stereocenters. The first-order valence-corrected chi connectivity index (χ1v) is 16.0. The minimum atomic E-state index is -0.102. The van der Waals surface area contributed by atoms with E-state index in [2.05, 4.69) is 155 Å². The number of pyridine rings is 1. The van der Waals surface area contributed by atoms with Crippen molar-refractivity contribution in [3.8, 4) is 16.8 Å². The van der Waals surface area contributed by atoms with Crippen molar-refractivity contribution in [1.82, 2.24) is 19.6 Å². The molecule has 1 aliphatic carbocycles. The molecule has 5 nitrogen and oxygen atoms in total. The number of fused-ring (bicyclic) bond motifs is 7. The molecule has 3 unspecified atom stereocenters. The summed E-state index contributed by atoms with van der Waals surface area (Å²) in [6.07, 6.45) is 3.77. The van der Waals surface area contributed by atoms with Crippen LogP contribution in [-0.2, 0) is 5.41 Å². The highest BCUT2D eigenvalue weighted by Gasteiger charge is 2.57. The molecule has 0 saturated carbocycles. The molecule has 0 bridgehead atoms. The monoisotopic (exact) mass is 593 g/mol. The van der Waals surface area contributed by atoms with Gasteiger partial charge in [-0.25, -0.2) is 4.99 Å². The van der Waals surface area contributed by atoms with Crippen LogP contribution in [0, 0.1) is 0 Å². The van der Waals surface area contributed by atoms with E-state index in [1.165, 1.54) is 55.2 Å². The quantitative estimate of drug-likeness (QED) is 0.191. The van der Waals surface area contributed by atoms with E-state index in [0.29, 0.717) is 0 Å². The van der Waals surface area contributed by atoms with Crippen LogP contribution in [0.2, 0.25) is 0 Å². The molecular formula is C41H31N5. The van der Waals surface area contributed by atoms with Gasteiger partial charge < -0.3 is 4.57 Å². The molecule has 46 heavy (non-hydrogen) atoms. The molecule has 0 radical (unpaired) electrons. The molecule has 4 heterocycles. The van der Waals surface area contributed by atoms with Crippen molar-refractivity contribution in [2.24, 2.45) is 4.99 Å². The van der Waals surface area contributed by atoms with Crippen LogP contribution in [0.15, 0.2) is 145 Å². The van der Waals surface area contributed by atoms with E-state index in [1.807, 2.05) is 18.5 Å². The molecule has 0 N–H and O–H groups in total. The molecule has 2 aliphatic heterocycles. The Balaban J connectivity index is 1.10. The maximum absolute atomic E-state index is 5.22. The number of rotatable bonds is 4. The highest BCUT2D eigenvalue weighted by atomic mass is 15.9. The topological polar surface area (TPSA) is 36.2 Å². The van der Waals surface area contributed by atoms with Crippen LogP contribution in [0.1, 0.15) is 54.0 Å². The predicted molar refractivity (Wildman–Crippen MR) is 185 cm³/mol. The lowest BCUT2D eigenvalue weighted by atomic mass is 9.82. The third-order valence-corrected chi connectivity index (χ3v) is 10.2. The number of benzene rings is 5. The zero-order valence-corrected chi connectivity index (χ0v) is 25.7. The summed E-state index contributed by atoms with van der Waals surface area (Å²) in [6.45, 7) is 4.71. The van der Waals surface area contributed by atoms with Crippen LogP contribution in [0.4, 0.5) is 0 Å². The molecule has 10 rings (SSSR count). The van der Waals surface area contributed by atoms with Crippen molar-refractivity contribution >= 4 is 27.6 Å². The van der Waals surface area contributed by atoms with Crippen molar-refractivity contribution in [2.75, 3.05) is 0 Å². The standard InChI is InChI=1S/C41H31N5/c1-41(2)34-16-8-6-14-30(34)32-24-37-33(23-35(32)41)31-15-7-9-17-36(31)44(37)29-20-18-26(19-21-29)38-43-39(28-13-10-22-42-25-28)46-40(45(38)46)27-11-4-3-5-12-27/h3-25,38,40H,1-2H3. The fourth-order valence-electron chi connectivity index (χ4n) is 7.98. The summed E-state index contributed by atoms with van der Waals surface area (Å²) in [6, 6.07) is 46.3. The number of nitrogens with zero attached hydrogens (tertiary/aromatic N) is 5. The van der Waals surface area contributed by atoms with Gasteiger partial charge >= 0.3 is 0 Å².